The Hall–Kier alpha value is -5.25. The molecule has 8 nitrogen and oxygen atoms in total. The van der Waals surface area contributed by atoms with Gasteiger partial charge >= 0.3 is 0 Å². The molecule has 0 atom stereocenters. The highest BCUT2D eigenvalue weighted by atomic mass is 35.5. The molecular formula is C36H31ClN4O4S. The highest BCUT2D eigenvalue weighted by molar-refractivity contribution is 7.92. The molecule has 2 amide bonds. The third kappa shape index (κ3) is 7.69. The Labute approximate surface area is 273 Å². The summed E-state index contributed by atoms with van der Waals surface area (Å²) >= 11 is 6.07. The minimum absolute atomic E-state index is 0.0346. The molecule has 5 aromatic rings. The van der Waals surface area contributed by atoms with E-state index in [0.29, 0.717) is 27.5 Å². The molecule has 0 bridgehead atoms. The molecule has 0 saturated carbocycles. The van der Waals surface area contributed by atoms with Gasteiger partial charge in [-0.2, -0.15) is 5.10 Å². The number of para-hydroxylation sites is 1. The van der Waals surface area contributed by atoms with Gasteiger partial charge in [0.15, 0.2) is 0 Å². The van der Waals surface area contributed by atoms with Crippen molar-refractivity contribution < 1.29 is 18.0 Å². The summed E-state index contributed by atoms with van der Waals surface area (Å²) in [6, 6.07) is 35.9. The highest BCUT2D eigenvalue weighted by Crippen LogP contribution is 2.30. The maximum Gasteiger partial charge on any atom is 0.273 e. The number of sulfonamides is 1. The number of hydrazone groups is 1. The van der Waals surface area contributed by atoms with Crippen molar-refractivity contribution in [2.45, 2.75) is 25.3 Å². The van der Waals surface area contributed by atoms with E-state index in [1.807, 2.05) is 13.0 Å². The second-order valence-corrected chi connectivity index (χ2v) is 12.8. The monoisotopic (exact) mass is 650 g/mol. The van der Waals surface area contributed by atoms with E-state index in [2.05, 4.69) is 15.8 Å². The molecular weight excluding hydrogens is 620 g/mol. The van der Waals surface area contributed by atoms with Crippen LogP contribution in [0.3, 0.4) is 0 Å². The SMILES string of the molecule is C/C(=N/NC(=O)c1ccccc1N(Cc1ccc(Cl)cc1)S(=O)(=O)c1ccc(C)cc1)c1ccc(NC(=O)c2ccccc2)cc1. The largest absolute Gasteiger partial charge is 0.322 e. The van der Waals surface area contributed by atoms with Crippen LogP contribution >= 0.6 is 11.6 Å². The summed E-state index contributed by atoms with van der Waals surface area (Å²) in [5, 5.41) is 7.66. The molecule has 5 rings (SSSR count). The van der Waals surface area contributed by atoms with Crippen LogP contribution < -0.4 is 15.0 Å². The molecule has 0 unspecified atom stereocenters. The Kier molecular flexibility index (Phi) is 9.95. The molecule has 5 aromatic carbocycles. The van der Waals surface area contributed by atoms with Crippen LogP contribution in [0.1, 0.15) is 44.3 Å². The summed E-state index contributed by atoms with van der Waals surface area (Å²) in [7, 11) is -4.09. The zero-order chi connectivity index (χ0) is 32.7. The quantitative estimate of drug-likeness (QED) is 0.121. The number of nitrogens with one attached hydrogen (secondary N) is 2. The molecule has 0 saturated heterocycles. The van der Waals surface area contributed by atoms with Crippen LogP contribution in [0.2, 0.25) is 5.02 Å². The van der Waals surface area contributed by atoms with Gasteiger partial charge in [-0.15, -0.1) is 0 Å². The van der Waals surface area contributed by atoms with E-state index in [1.165, 1.54) is 4.31 Å². The van der Waals surface area contributed by atoms with Gasteiger partial charge in [-0.25, -0.2) is 13.8 Å². The Morgan fingerprint density at radius 2 is 1.37 bits per heavy atom. The van der Waals surface area contributed by atoms with Crippen molar-refractivity contribution in [3.8, 4) is 0 Å². The second-order valence-electron chi connectivity index (χ2n) is 10.5. The maximum absolute atomic E-state index is 14.0. The Morgan fingerprint density at radius 1 is 0.739 bits per heavy atom. The summed E-state index contributed by atoms with van der Waals surface area (Å²) in [5.74, 6) is -0.805. The average Bonchev–Trinajstić information content (AvgIpc) is 3.07. The lowest BCUT2D eigenvalue weighted by atomic mass is 10.1. The summed E-state index contributed by atoms with van der Waals surface area (Å²) < 4.78 is 29.3. The van der Waals surface area contributed by atoms with Gasteiger partial charge in [0.25, 0.3) is 21.8 Å². The Bertz CT molecular complexity index is 1980. The summed E-state index contributed by atoms with van der Waals surface area (Å²) in [6.45, 7) is 3.58. The van der Waals surface area contributed by atoms with Crippen LogP contribution in [0, 0.1) is 6.92 Å². The number of rotatable bonds is 10. The molecule has 0 aliphatic carbocycles. The van der Waals surface area contributed by atoms with Gasteiger partial charge in [0.1, 0.15) is 0 Å². The van der Waals surface area contributed by atoms with Gasteiger partial charge in [0, 0.05) is 16.3 Å². The molecule has 0 aliphatic rings. The number of anilines is 2. The number of benzene rings is 5. The third-order valence-corrected chi connectivity index (χ3v) is 9.21. The molecule has 0 aliphatic heterocycles. The van der Waals surface area contributed by atoms with E-state index in [4.69, 9.17) is 11.6 Å². The standard InChI is InChI=1S/C36H31ClN4O4S/c1-25-12-22-32(23-13-25)46(44,45)41(24-27-14-18-30(37)19-15-27)34-11-7-6-10-33(34)36(43)40-39-26(2)28-16-20-31(21-17-28)38-35(42)29-8-4-3-5-9-29/h3-23H,24H2,1-2H3,(H,38,42)(H,40,43)/b39-26-. The zero-order valence-electron chi connectivity index (χ0n) is 25.1. The fraction of sp³-hybridized carbons (Fsp3) is 0.0833. The molecule has 46 heavy (non-hydrogen) atoms. The first-order chi connectivity index (χ1) is 22.1. The van der Waals surface area contributed by atoms with E-state index in [9.17, 15) is 18.0 Å². The fourth-order valence-corrected chi connectivity index (χ4v) is 6.22. The number of hydrogen-bond donors (Lipinski definition) is 2. The number of nitrogens with zero attached hydrogens (tertiary/aromatic N) is 2. The number of carbonyl (C=O) groups excluding carboxylic acids is 2. The fourth-order valence-electron chi connectivity index (χ4n) is 4.62. The summed E-state index contributed by atoms with van der Waals surface area (Å²) in [5.41, 5.74) is 6.89. The molecule has 0 spiro atoms. The van der Waals surface area contributed by atoms with Crippen molar-refractivity contribution in [2.24, 2.45) is 5.10 Å². The third-order valence-electron chi connectivity index (χ3n) is 7.19. The summed E-state index contributed by atoms with van der Waals surface area (Å²) in [4.78, 5) is 26.1. The minimum Gasteiger partial charge on any atom is -0.322 e. The molecule has 0 aromatic heterocycles. The Balaban J connectivity index is 1.38. The van der Waals surface area contributed by atoms with Crippen LogP contribution in [0.4, 0.5) is 11.4 Å². The molecule has 0 fully saturated rings. The zero-order valence-corrected chi connectivity index (χ0v) is 26.7. The lowest BCUT2D eigenvalue weighted by Gasteiger charge is -2.26. The second kappa shape index (κ2) is 14.2. The predicted octanol–water partition coefficient (Wildman–Crippen LogP) is 7.45. The van der Waals surface area contributed by atoms with Gasteiger partial charge < -0.3 is 5.32 Å². The van der Waals surface area contributed by atoms with Gasteiger partial charge in [-0.3, -0.25) is 13.9 Å². The van der Waals surface area contributed by atoms with Gasteiger partial charge in [0.2, 0.25) is 0 Å². The number of halogens is 1. The van der Waals surface area contributed by atoms with Crippen molar-refractivity contribution in [1.82, 2.24) is 5.43 Å². The highest BCUT2D eigenvalue weighted by Gasteiger charge is 2.28. The molecule has 0 heterocycles. The predicted molar refractivity (Wildman–Crippen MR) is 183 cm³/mol. The average molecular weight is 651 g/mol. The summed E-state index contributed by atoms with van der Waals surface area (Å²) in [6.07, 6.45) is 0. The van der Waals surface area contributed by atoms with E-state index >= 15 is 0 Å². The van der Waals surface area contributed by atoms with Crippen molar-refractivity contribution in [1.29, 1.82) is 0 Å². The molecule has 0 radical (unpaired) electrons. The van der Waals surface area contributed by atoms with E-state index in [0.717, 1.165) is 11.1 Å². The van der Waals surface area contributed by atoms with E-state index in [1.54, 1.807) is 128 Å². The van der Waals surface area contributed by atoms with Crippen LogP contribution in [0.15, 0.2) is 137 Å². The number of carbonyl (C=O) groups is 2. The smallest absolute Gasteiger partial charge is 0.273 e. The van der Waals surface area contributed by atoms with E-state index in [-0.39, 0.29) is 28.6 Å². The first kappa shape index (κ1) is 32.2. The first-order valence-corrected chi connectivity index (χ1v) is 16.2. The van der Waals surface area contributed by atoms with Crippen LogP contribution in [0.25, 0.3) is 0 Å². The van der Waals surface area contributed by atoms with Crippen molar-refractivity contribution in [2.75, 3.05) is 9.62 Å². The van der Waals surface area contributed by atoms with E-state index < -0.39 is 15.9 Å². The molecule has 10 heteroatoms. The topological polar surface area (TPSA) is 108 Å². The molecule has 2 N–H and O–H groups in total. The number of aryl methyl sites for hydroxylation is 1. The first-order valence-electron chi connectivity index (χ1n) is 14.4. The lowest BCUT2D eigenvalue weighted by molar-refractivity contribution is 0.0954. The van der Waals surface area contributed by atoms with Gasteiger partial charge in [0.05, 0.1) is 28.4 Å². The van der Waals surface area contributed by atoms with Gasteiger partial charge in [-0.1, -0.05) is 83.9 Å². The number of amides is 2. The Morgan fingerprint density at radius 3 is 2.04 bits per heavy atom. The number of hydrogen-bond acceptors (Lipinski definition) is 5. The van der Waals surface area contributed by atoms with Crippen LogP contribution in [-0.2, 0) is 16.6 Å². The lowest BCUT2D eigenvalue weighted by Crippen LogP contribution is -2.33. The van der Waals surface area contributed by atoms with Crippen molar-refractivity contribution in [3.63, 3.8) is 0 Å². The van der Waals surface area contributed by atoms with Crippen molar-refractivity contribution in [3.05, 3.63) is 160 Å². The van der Waals surface area contributed by atoms with Crippen LogP contribution in [-0.4, -0.2) is 25.9 Å². The molecule has 232 valence electrons. The minimum atomic E-state index is -4.09. The van der Waals surface area contributed by atoms with Crippen LogP contribution in [0.5, 0.6) is 0 Å². The maximum atomic E-state index is 14.0. The van der Waals surface area contributed by atoms with Gasteiger partial charge in [-0.05, 0) is 85.6 Å². The van der Waals surface area contributed by atoms with Crippen molar-refractivity contribution >= 4 is 50.5 Å². The normalized spacial score (nSPS) is 11.5.